The van der Waals surface area contributed by atoms with Gasteiger partial charge in [0.1, 0.15) is 0 Å². The van der Waals surface area contributed by atoms with Crippen molar-refractivity contribution in [2.24, 2.45) is 5.73 Å². The Hall–Kier alpha value is -1.85. The molecule has 0 radical (unpaired) electrons. The van der Waals surface area contributed by atoms with Gasteiger partial charge in [-0.25, -0.2) is 4.68 Å². The van der Waals surface area contributed by atoms with Crippen LogP contribution in [-0.2, 0) is 4.79 Å². The molecule has 1 heterocycles. The van der Waals surface area contributed by atoms with Crippen LogP contribution < -0.4 is 11.1 Å². The van der Waals surface area contributed by atoms with Crippen LogP contribution in [0.4, 0.5) is 5.69 Å². The number of aromatic nitrogens is 2. The third-order valence-electron chi connectivity index (χ3n) is 3.34. The molecule has 0 saturated carbocycles. The minimum atomic E-state index is 0.00987. The first kappa shape index (κ1) is 16.5. The molecule has 0 aliphatic carbocycles. The quantitative estimate of drug-likeness (QED) is 0.732. The highest BCUT2D eigenvalue weighted by molar-refractivity contribution is 6.32. The molecule has 6 heteroatoms. The molecule has 3 N–H and O–H groups in total. The lowest BCUT2D eigenvalue weighted by Gasteiger charge is -2.09. The third kappa shape index (κ3) is 4.86. The number of nitrogens with zero attached hydrogens (tertiary/aromatic N) is 2. The van der Waals surface area contributed by atoms with Crippen LogP contribution in [-0.4, -0.2) is 22.2 Å². The molecule has 0 bridgehead atoms. The number of halogens is 1. The number of carbonyl (C=O) groups is 1. The molecule has 22 heavy (non-hydrogen) atoms. The summed E-state index contributed by atoms with van der Waals surface area (Å²) in [6, 6.07) is 7.24. The zero-order chi connectivity index (χ0) is 15.8. The summed E-state index contributed by atoms with van der Waals surface area (Å²) in [7, 11) is 0. The summed E-state index contributed by atoms with van der Waals surface area (Å²) >= 11 is 6.24. The monoisotopic (exact) mass is 320 g/mol. The normalized spacial score (nSPS) is 10.6. The summed E-state index contributed by atoms with van der Waals surface area (Å²) in [4.78, 5) is 11.9. The highest BCUT2D eigenvalue weighted by Gasteiger charge is 2.07. The van der Waals surface area contributed by atoms with Crippen molar-refractivity contribution in [3.8, 4) is 5.69 Å². The molecule has 2 aromatic rings. The average molecular weight is 321 g/mol. The number of amides is 1. The van der Waals surface area contributed by atoms with Crippen LogP contribution in [0.1, 0.15) is 32.1 Å². The predicted molar refractivity (Wildman–Crippen MR) is 89.3 cm³/mol. The van der Waals surface area contributed by atoms with E-state index in [1.54, 1.807) is 16.9 Å². The number of benzene rings is 1. The second-order valence-electron chi connectivity index (χ2n) is 5.12. The Morgan fingerprint density at radius 2 is 2.09 bits per heavy atom. The van der Waals surface area contributed by atoms with Crippen molar-refractivity contribution in [1.82, 2.24) is 9.78 Å². The minimum Gasteiger partial charge on any atom is -0.330 e. The first-order valence-electron chi connectivity index (χ1n) is 7.50. The first-order chi connectivity index (χ1) is 10.7. The Labute approximate surface area is 135 Å². The summed E-state index contributed by atoms with van der Waals surface area (Å²) in [5, 5.41) is 7.55. The van der Waals surface area contributed by atoms with Crippen molar-refractivity contribution in [2.45, 2.75) is 32.1 Å². The standard InChI is InChI=1S/C16H21ClN4O/c17-14-12-13(7-8-15(14)21-11-5-10-19-21)20-16(22)6-3-1-2-4-9-18/h5,7-8,10-12H,1-4,6,9,18H2,(H,20,22). The smallest absolute Gasteiger partial charge is 0.224 e. The average Bonchev–Trinajstić information content (AvgIpc) is 3.01. The Morgan fingerprint density at radius 1 is 1.27 bits per heavy atom. The maximum atomic E-state index is 11.9. The van der Waals surface area contributed by atoms with Gasteiger partial charge in [-0.05, 0) is 43.7 Å². The maximum Gasteiger partial charge on any atom is 0.224 e. The number of rotatable bonds is 8. The molecule has 0 saturated heterocycles. The number of nitrogens with two attached hydrogens (primary N) is 1. The van der Waals surface area contributed by atoms with Crippen molar-refractivity contribution < 1.29 is 4.79 Å². The van der Waals surface area contributed by atoms with Gasteiger partial charge in [0.15, 0.2) is 0 Å². The van der Waals surface area contributed by atoms with Crippen molar-refractivity contribution in [3.05, 3.63) is 41.7 Å². The molecule has 0 aliphatic rings. The SMILES string of the molecule is NCCCCCCC(=O)Nc1ccc(-n2cccn2)c(Cl)c1. The number of anilines is 1. The molecule has 1 amide bonds. The number of hydrogen-bond acceptors (Lipinski definition) is 3. The zero-order valence-electron chi connectivity index (χ0n) is 12.5. The van der Waals surface area contributed by atoms with Gasteiger partial charge in [-0.1, -0.05) is 24.4 Å². The topological polar surface area (TPSA) is 72.9 Å². The largest absolute Gasteiger partial charge is 0.330 e. The van der Waals surface area contributed by atoms with Crippen LogP contribution in [0, 0.1) is 0 Å². The lowest BCUT2D eigenvalue weighted by atomic mass is 10.1. The van der Waals surface area contributed by atoms with Gasteiger partial charge < -0.3 is 11.1 Å². The van der Waals surface area contributed by atoms with Crippen LogP contribution in [0.5, 0.6) is 0 Å². The zero-order valence-corrected chi connectivity index (χ0v) is 13.2. The van der Waals surface area contributed by atoms with Gasteiger partial charge in [-0.15, -0.1) is 0 Å². The van der Waals surface area contributed by atoms with Gasteiger partial charge >= 0.3 is 0 Å². The molecule has 2 rings (SSSR count). The maximum absolute atomic E-state index is 11.9. The Morgan fingerprint density at radius 3 is 2.77 bits per heavy atom. The molecular formula is C16H21ClN4O. The third-order valence-corrected chi connectivity index (χ3v) is 3.64. The van der Waals surface area contributed by atoms with Crippen LogP contribution in [0.15, 0.2) is 36.7 Å². The molecule has 0 aliphatic heterocycles. The van der Waals surface area contributed by atoms with E-state index in [0.29, 0.717) is 23.7 Å². The van der Waals surface area contributed by atoms with E-state index in [2.05, 4.69) is 10.4 Å². The summed E-state index contributed by atoms with van der Waals surface area (Å²) in [5.41, 5.74) is 6.92. The second-order valence-corrected chi connectivity index (χ2v) is 5.53. The van der Waals surface area contributed by atoms with Gasteiger partial charge in [0, 0.05) is 24.5 Å². The second kappa shape index (κ2) is 8.56. The van der Waals surface area contributed by atoms with Crippen molar-refractivity contribution in [3.63, 3.8) is 0 Å². The predicted octanol–water partition coefficient (Wildman–Crippen LogP) is 3.37. The summed E-state index contributed by atoms with van der Waals surface area (Å²) < 4.78 is 1.69. The molecule has 1 aromatic heterocycles. The minimum absolute atomic E-state index is 0.00987. The number of carbonyl (C=O) groups excluding carboxylic acids is 1. The number of unbranched alkanes of at least 4 members (excludes halogenated alkanes) is 3. The molecule has 0 spiro atoms. The van der Waals surface area contributed by atoms with Crippen LogP contribution in [0.3, 0.4) is 0 Å². The molecule has 0 atom stereocenters. The van der Waals surface area contributed by atoms with E-state index in [-0.39, 0.29) is 5.91 Å². The van der Waals surface area contributed by atoms with Gasteiger partial charge in [0.2, 0.25) is 5.91 Å². The number of hydrogen-bond donors (Lipinski definition) is 2. The van der Waals surface area contributed by atoms with E-state index in [4.69, 9.17) is 17.3 Å². The van der Waals surface area contributed by atoms with Crippen LogP contribution in [0.25, 0.3) is 5.69 Å². The first-order valence-corrected chi connectivity index (χ1v) is 7.88. The van der Waals surface area contributed by atoms with E-state index in [1.807, 2.05) is 24.4 Å². The van der Waals surface area contributed by atoms with Crippen LogP contribution in [0.2, 0.25) is 5.02 Å². The van der Waals surface area contributed by atoms with Crippen molar-refractivity contribution in [2.75, 3.05) is 11.9 Å². The van der Waals surface area contributed by atoms with E-state index in [9.17, 15) is 4.79 Å². The number of nitrogens with one attached hydrogen (secondary N) is 1. The fraction of sp³-hybridized carbons (Fsp3) is 0.375. The molecule has 1 aromatic carbocycles. The fourth-order valence-corrected chi connectivity index (χ4v) is 2.46. The Kier molecular flexibility index (Phi) is 6.43. The van der Waals surface area contributed by atoms with Gasteiger partial charge in [0.25, 0.3) is 0 Å². The van der Waals surface area contributed by atoms with E-state index in [0.717, 1.165) is 31.4 Å². The van der Waals surface area contributed by atoms with E-state index >= 15 is 0 Å². The summed E-state index contributed by atoms with van der Waals surface area (Å²) in [5.74, 6) is 0.00987. The Bertz CT molecular complexity index is 598. The van der Waals surface area contributed by atoms with Crippen molar-refractivity contribution in [1.29, 1.82) is 0 Å². The Balaban J connectivity index is 1.85. The lowest BCUT2D eigenvalue weighted by Crippen LogP contribution is -2.11. The van der Waals surface area contributed by atoms with Gasteiger partial charge in [0.05, 0.1) is 10.7 Å². The summed E-state index contributed by atoms with van der Waals surface area (Å²) in [6.07, 6.45) is 8.04. The molecule has 0 unspecified atom stereocenters. The van der Waals surface area contributed by atoms with E-state index in [1.165, 1.54) is 0 Å². The van der Waals surface area contributed by atoms with Crippen molar-refractivity contribution >= 4 is 23.2 Å². The summed E-state index contributed by atoms with van der Waals surface area (Å²) in [6.45, 7) is 0.716. The highest BCUT2D eigenvalue weighted by Crippen LogP contribution is 2.24. The van der Waals surface area contributed by atoms with Gasteiger partial charge in [-0.3, -0.25) is 4.79 Å². The molecule has 118 valence electrons. The fourth-order valence-electron chi connectivity index (χ4n) is 2.19. The molecule has 0 fully saturated rings. The highest BCUT2D eigenvalue weighted by atomic mass is 35.5. The van der Waals surface area contributed by atoms with E-state index < -0.39 is 0 Å². The molecule has 5 nitrogen and oxygen atoms in total. The van der Waals surface area contributed by atoms with Gasteiger partial charge in [-0.2, -0.15) is 5.10 Å². The van der Waals surface area contributed by atoms with Crippen LogP contribution >= 0.6 is 11.6 Å². The molecular weight excluding hydrogens is 300 g/mol. The lowest BCUT2D eigenvalue weighted by molar-refractivity contribution is -0.116.